The van der Waals surface area contributed by atoms with Gasteiger partial charge in [0.1, 0.15) is 5.01 Å². The molecular weight excluding hydrogens is 288 g/mol. The molecule has 0 saturated heterocycles. The summed E-state index contributed by atoms with van der Waals surface area (Å²) in [5.41, 5.74) is 1.73. The van der Waals surface area contributed by atoms with E-state index in [2.05, 4.69) is 15.5 Å². The lowest BCUT2D eigenvalue weighted by molar-refractivity contribution is -0.134. The highest BCUT2D eigenvalue weighted by molar-refractivity contribution is 7.15. The Morgan fingerprint density at radius 1 is 1.29 bits per heavy atom. The largest absolute Gasteiger partial charge is 0.316 e. The minimum Gasteiger partial charge on any atom is -0.304 e. The number of hydrogen-bond acceptors (Lipinski definition) is 5. The fraction of sp³-hybridized carbons (Fsp3) is 0.286. The van der Waals surface area contributed by atoms with E-state index in [4.69, 9.17) is 0 Å². The molecule has 6 nitrogen and oxygen atoms in total. The van der Waals surface area contributed by atoms with Crippen LogP contribution in [0.15, 0.2) is 24.3 Å². The van der Waals surface area contributed by atoms with E-state index >= 15 is 0 Å². The molecule has 0 aliphatic heterocycles. The molecule has 0 bridgehead atoms. The van der Waals surface area contributed by atoms with Crippen molar-refractivity contribution in [2.24, 2.45) is 0 Å². The van der Waals surface area contributed by atoms with E-state index in [1.54, 1.807) is 13.0 Å². The zero-order valence-electron chi connectivity index (χ0n) is 12.1. The van der Waals surface area contributed by atoms with E-state index in [1.807, 2.05) is 32.0 Å². The number of rotatable bonds is 3. The summed E-state index contributed by atoms with van der Waals surface area (Å²) in [5, 5.41) is 11.1. The Morgan fingerprint density at radius 2 is 2.05 bits per heavy atom. The van der Waals surface area contributed by atoms with Gasteiger partial charge in [0.25, 0.3) is 0 Å². The molecule has 1 aromatic carbocycles. The lowest BCUT2D eigenvalue weighted by atomic mass is 10.2. The second-order valence-electron chi connectivity index (χ2n) is 4.47. The monoisotopic (exact) mass is 304 g/mol. The number of likely N-dealkylation sites (N-methyl/N-ethyl adjacent to an activating group) is 1. The topological polar surface area (TPSA) is 75.2 Å². The van der Waals surface area contributed by atoms with Crippen molar-refractivity contribution in [3.05, 3.63) is 34.8 Å². The maximum atomic E-state index is 12.3. The second kappa shape index (κ2) is 6.45. The van der Waals surface area contributed by atoms with Gasteiger partial charge in [0, 0.05) is 12.2 Å². The maximum absolute atomic E-state index is 12.3. The van der Waals surface area contributed by atoms with Crippen LogP contribution in [-0.2, 0) is 9.59 Å². The van der Waals surface area contributed by atoms with Gasteiger partial charge in [0.05, 0.1) is 0 Å². The lowest BCUT2D eigenvalue weighted by Gasteiger charge is -2.20. The standard InChI is InChI=1S/C14H16N4O2S/c1-4-18(11-7-5-6-9(2)8-11)13(20)12(19)15-14-17-16-10(3)21-14/h5-8H,4H2,1-3H3,(H,15,17,19). The number of nitrogens with zero attached hydrogens (tertiary/aromatic N) is 3. The van der Waals surface area contributed by atoms with Crippen LogP contribution >= 0.6 is 11.3 Å². The van der Waals surface area contributed by atoms with E-state index in [9.17, 15) is 9.59 Å². The first-order valence-electron chi connectivity index (χ1n) is 6.51. The van der Waals surface area contributed by atoms with E-state index in [0.29, 0.717) is 17.4 Å². The van der Waals surface area contributed by atoms with E-state index in [1.165, 1.54) is 16.2 Å². The Morgan fingerprint density at radius 3 is 2.62 bits per heavy atom. The molecule has 0 fully saturated rings. The first kappa shape index (κ1) is 15.1. The lowest BCUT2D eigenvalue weighted by Crippen LogP contribution is -2.39. The Labute approximate surface area is 126 Å². The number of hydrogen-bond donors (Lipinski definition) is 1. The molecule has 0 radical (unpaired) electrons. The molecular formula is C14H16N4O2S. The molecule has 1 aromatic heterocycles. The number of carbonyl (C=O) groups excluding carboxylic acids is 2. The van der Waals surface area contributed by atoms with Crippen molar-refractivity contribution in [1.82, 2.24) is 10.2 Å². The van der Waals surface area contributed by atoms with E-state index < -0.39 is 11.8 Å². The van der Waals surface area contributed by atoms with Gasteiger partial charge in [-0.2, -0.15) is 0 Å². The Hall–Kier alpha value is -2.28. The highest BCUT2D eigenvalue weighted by atomic mass is 32.1. The molecule has 2 rings (SSSR count). The number of aryl methyl sites for hydroxylation is 2. The number of anilines is 2. The maximum Gasteiger partial charge on any atom is 0.316 e. The number of benzene rings is 1. The summed E-state index contributed by atoms with van der Waals surface area (Å²) in [6, 6.07) is 7.46. The highest BCUT2D eigenvalue weighted by Gasteiger charge is 2.23. The molecule has 2 aromatic rings. The molecule has 2 amide bonds. The summed E-state index contributed by atoms with van der Waals surface area (Å²) in [7, 11) is 0. The summed E-state index contributed by atoms with van der Waals surface area (Å²) in [6.07, 6.45) is 0. The van der Waals surface area contributed by atoms with E-state index in [-0.39, 0.29) is 0 Å². The summed E-state index contributed by atoms with van der Waals surface area (Å²) in [4.78, 5) is 25.7. The fourth-order valence-corrected chi connectivity index (χ4v) is 2.45. The number of carbonyl (C=O) groups is 2. The van der Waals surface area contributed by atoms with Crippen LogP contribution in [-0.4, -0.2) is 28.6 Å². The molecule has 0 unspecified atom stereocenters. The Balaban J connectivity index is 2.14. The molecule has 0 spiro atoms. The Bertz CT molecular complexity index is 668. The molecule has 0 aliphatic carbocycles. The minimum atomic E-state index is -0.713. The van der Waals surface area contributed by atoms with Gasteiger partial charge in [-0.25, -0.2) is 0 Å². The van der Waals surface area contributed by atoms with Crippen LogP contribution in [0.25, 0.3) is 0 Å². The summed E-state index contributed by atoms with van der Waals surface area (Å²) in [5.74, 6) is -1.33. The third-order valence-corrected chi connectivity index (χ3v) is 3.57. The van der Waals surface area contributed by atoms with Gasteiger partial charge in [-0.15, -0.1) is 10.2 Å². The van der Waals surface area contributed by atoms with Crippen molar-refractivity contribution in [2.45, 2.75) is 20.8 Å². The van der Waals surface area contributed by atoms with Crippen LogP contribution in [0.1, 0.15) is 17.5 Å². The summed E-state index contributed by atoms with van der Waals surface area (Å²) >= 11 is 1.23. The molecule has 0 atom stereocenters. The normalized spacial score (nSPS) is 10.2. The van der Waals surface area contributed by atoms with Gasteiger partial charge in [0.15, 0.2) is 0 Å². The quantitative estimate of drug-likeness (QED) is 0.882. The average molecular weight is 304 g/mol. The molecule has 0 saturated carbocycles. The van der Waals surface area contributed by atoms with Gasteiger partial charge in [-0.1, -0.05) is 23.5 Å². The molecule has 1 heterocycles. The molecule has 1 N–H and O–H groups in total. The van der Waals surface area contributed by atoms with Crippen LogP contribution in [0.4, 0.5) is 10.8 Å². The molecule has 21 heavy (non-hydrogen) atoms. The molecule has 110 valence electrons. The summed E-state index contributed by atoms with van der Waals surface area (Å²) in [6.45, 7) is 5.94. The molecule has 0 aliphatic rings. The molecule has 7 heteroatoms. The van der Waals surface area contributed by atoms with Crippen molar-refractivity contribution >= 4 is 34.0 Å². The van der Waals surface area contributed by atoms with Gasteiger partial charge in [-0.05, 0) is 38.5 Å². The van der Waals surface area contributed by atoms with Crippen molar-refractivity contribution in [3.63, 3.8) is 0 Å². The first-order valence-corrected chi connectivity index (χ1v) is 7.32. The second-order valence-corrected chi connectivity index (χ2v) is 5.65. The van der Waals surface area contributed by atoms with Crippen LogP contribution in [0.5, 0.6) is 0 Å². The van der Waals surface area contributed by atoms with Crippen LogP contribution in [0.3, 0.4) is 0 Å². The van der Waals surface area contributed by atoms with Crippen LogP contribution < -0.4 is 10.2 Å². The average Bonchev–Trinajstić information content (AvgIpc) is 2.85. The summed E-state index contributed by atoms with van der Waals surface area (Å²) < 4.78 is 0. The minimum absolute atomic E-state index is 0.325. The van der Waals surface area contributed by atoms with Crippen molar-refractivity contribution in [2.75, 3.05) is 16.8 Å². The fourth-order valence-electron chi connectivity index (χ4n) is 1.86. The predicted molar refractivity (Wildman–Crippen MR) is 82.5 cm³/mol. The Kier molecular flexibility index (Phi) is 4.64. The first-order chi connectivity index (χ1) is 10.0. The smallest absolute Gasteiger partial charge is 0.304 e. The van der Waals surface area contributed by atoms with Gasteiger partial charge in [0.2, 0.25) is 5.13 Å². The SMILES string of the molecule is CCN(C(=O)C(=O)Nc1nnc(C)s1)c1cccc(C)c1. The van der Waals surface area contributed by atoms with Crippen LogP contribution in [0, 0.1) is 13.8 Å². The number of amides is 2. The van der Waals surface area contributed by atoms with Crippen molar-refractivity contribution < 1.29 is 9.59 Å². The third-order valence-electron chi connectivity index (χ3n) is 2.82. The van der Waals surface area contributed by atoms with Gasteiger partial charge >= 0.3 is 11.8 Å². The number of aromatic nitrogens is 2. The highest BCUT2D eigenvalue weighted by Crippen LogP contribution is 2.17. The zero-order chi connectivity index (χ0) is 15.4. The van der Waals surface area contributed by atoms with E-state index in [0.717, 1.165) is 10.6 Å². The van der Waals surface area contributed by atoms with Gasteiger partial charge < -0.3 is 4.90 Å². The number of nitrogens with one attached hydrogen (secondary N) is 1. The zero-order valence-corrected chi connectivity index (χ0v) is 12.9. The van der Waals surface area contributed by atoms with Gasteiger partial charge in [-0.3, -0.25) is 14.9 Å². The van der Waals surface area contributed by atoms with Crippen molar-refractivity contribution in [1.29, 1.82) is 0 Å². The predicted octanol–water partition coefficient (Wildman–Crippen LogP) is 2.15. The van der Waals surface area contributed by atoms with Crippen LogP contribution in [0.2, 0.25) is 0 Å². The van der Waals surface area contributed by atoms with Crippen molar-refractivity contribution in [3.8, 4) is 0 Å². The third kappa shape index (κ3) is 3.63.